The number of rotatable bonds is 7. The third kappa shape index (κ3) is 4.05. The van der Waals surface area contributed by atoms with E-state index in [0.29, 0.717) is 15.8 Å². The number of para-hydroxylation sites is 1. The SMILES string of the molecule is Cc1ccc(NC(=O)C(=O)[C@@H](C(=O)C(N)=O)c2nc3ccccc3s2)c([N+](=O)[O-])c1. The van der Waals surface area contributed by atoms with E-state index in [1.165, 1.54) is 18.2 Å². The standard InChI is InChI=1S/C19H14N4O6S/c1-9-6-7-10(12(8-9)23(28)29)21-18(27)16(25)14(15(24)17(20)26)19-22-11-4-2-3-5-13(11)30-19/h2-8,14H,1H3,(H2,20,26)(H,21,27)/t14-/m1/s1. The van der Waals surface area contributed by atoms with E-state index < -0.39 is 39.9 Å². The lowest BCUT2D eigenvalue weighted by Crippen LogP contribution is -2.38. The van der Waals surface area contributed by atoms with Gasteiger partial charge in [-0.2, -0.15) is 0 Å². The van der Waals surface area contributed by atoms with Crippen molar-refractivity contribution in [1.29, 1.82) is 0 Å². The van der Waals surface area contributed by atoms with Crippen molar-refractivity contribution < 1.29 is 24.1 Å². The van der Waals surface area contributed by atoms with Crippen molar-refractivity contribution in [3.05, 3.63) is 63.1 Å². The largest absolute Gasteiger partial charge is 0.363 e. The smallest absolute Gasteiger partial charge is 0.293 e. The number of nitrogens with one attached hydrogen (secondary N) is 1. The zero-order chi connectivity index (χ0) is 22.0. The fraction of sp³-hybridized carbons (Fsp3) is 0.105. The molecule has 1 aromatic heterocycles. The van der Waals surface area contributed by atoms with Gasteiger partial charge >= 0.3 is 0 Å². The van der Waals surface area contributed by atoms with E-state index >= 15 is 0 Å². The van der Waals surface area contributed by atoms with Gasteiger partial charge in [0.05, 0.1) is 15.1 Å². The summed E-state index contributed by atoms with van der Waals surface area (Å²) in [6.45, 7) is 1.62. The number of Topliss-reactive ketones (excluding diaryl/α,β-unsaturated/α-hetero) is 2. The van der Waals surface area contributed by atoms with Crippen molar-refractivity contribution >= 4 is 56.3 Å². The number of aryl methyl sites for hydroxylation is 1. The Labute approximate surface area is 172 Å². The normalized spacial score (nSPS) is 11.6. The van der Waals surface area contributed by atoms with Crippen LogP contribution < -0.4 is 11.1 Å². The highest BCUT2D eigenvalue weighted by atomic mass is 32.1. The Hall–Kier alpha value is -3.99. The summed E-state index contributed by atoms with van der Waals surface area (Å²) >= 11 is 0.964. The van der Waals surface area contributed by atoms with Crippen molar-refractivity contribution in [3.63, 3.8) is 0 Å². The molecule has 2 amide bonds. The Bertz CT molecular complexity index is 1190. The molecule has 0 unspecified atom stereocenters. The predicted octanol–water partition coefficient (Wildman–Crippen LogP) is 1.86. The van der Waals surface area contributed by atoms with Crippen LogP contribution in [0.5, 0.6) is 0 Å². The van der Waals surface area contributed by atoms with Gasteiger partial charge in [0, 0.05) is 6.07 Å². The van der Waals surface area contributed by atoms with Crippen molar-refractivity contribution in [2.45, 2.75) is 12.8 Å². The summed E-state index contributed by atoms with van der Waals surface area (Å²) in [5.41, 5.74) is 5.45. The maximum absolute atomic E-state index is 12.8. The minimum Gasteiger partial charge on any atom is -0.363 e. The molecule has 0 saturated carbocycles. The number of fused-ring (bicyclic) bond motifs is 1. The molecule has 152 valence electrons. The highest BCUT2D eigenvalue weighted by Crippen LogP contribution is 2.30. The Morgan fingerprint density at radius 3 is 2.47 bits per heavy atom. The van der Waals surface area contributed by atoms with Gasteiger partial charge in [0.1, 0.15) is 16.6 Å². The first-order chi connectivity index (χ1) is 14.2. The van der Waals surface area contributed by atoms with E-state index in [1.807, 2.05) is 0 Å². The Kier molecular flexibility index (Phi) is 5.65. The number of carbonyl (C=O) groups excluding carboxylic acids is 4. The zero-order valence-corrected chi connectivity index (χ0v) is 16.3. The molecular formula is C19H14N4O6S. The molecule has 3 aromatic rings. The number of amides is 2. The van der Waals surface area contributed by atoms with Crippen LogP contribution in [0.25, 0.3) is 10.2 Å². The molecule has 0 saturated heterocycles. The number of benzene rings is 2. The number of carbonyl (C=O) groups is 4. The van der Waals surface area contributed by atoms with Crippen LogP contribution in [0.4, 0.5) is 11.4 Å². The second-order valence-electron chi connectivity index (χ2n) is 6.28. The van der Waals surface area contributed by atoms with Crippen LogP contribution in [0.15, 0.2) is 42.5 Å². The maximum Gasteiger partial charge on any atom is 0.293 e. The fourth-order valence-electron chi connectivity index (χ4n) is 2.71. The van der Waals surface area contributed by atoms with Crippen LogP contribution in [-0.2, 0) is 19.2 Å². The van der Waals surface area contributed by atoms with Gasteiger partial charge in [-0.1, -0.05) is 18.2 Å². The molecule has 0 bridgehead atoms. The minimum absolute atomic E-state index is 0.0708. The number of anilines is 1. The van der Waals surface area contributed by atoms with Crippen LogP contribution in [0.1, 0.15) is 16.5 Å². The Balaban J connectivity index is 1.97. The van der Waals surface area contributed by atoms with E-state index in [9.17, 15) is 29.3 Å². The first-order valence-electron chi connectivity index (χ1n) is 8.48. The quantitative estimate of drug-likeness (QED) is 0.252. The molecule has 11 heteroatoms. The number of nitrogens with two attached hydrogens (primary N) is 1. The van der Waals surface area contributed by atoms with Gasteiger partial charge in [-0.3, -0.25) is 29.3 Å². The molecule has 1 heterocycles. The van der Waals surface area contributed by atoms with Crippen molar-refractivity contribution in [3.8, 4) is 0 Å². The lowest BCUT2D eigenvalue weighted by Gasteiger charge is -2.11. The molecule has 0 spiro atoms. The van der Waals surface area contributed by atoms with Crippen molar-refractivity contribution in [1.82, 2.24) is 4.98 Å². The average Bonchev–Trinajstić information content (AvgIpc) is 3.12. The molecule has 0 aliphatic carbocycles. The number of ketones is 2. The van der Waals surface area contributed by atoms with E-state index in [2.05, 4.69) is 10.3 Å². The monoisotopic (exact) mass is 426 g/mol. The lowest BCUT2D eigenvalue weighted by atomic mass is 9.98. The van der Waals surface area contributed by atoms with Crippen LogP contribution in [0.2, 0.25) is 0 Å². The molecule has 10 nitrogen and oxygen atoms in total. The molecule has 30 heavy (non-hydrogen) atoms. The number of hydrogen-bond donors (Lipinski definition) is 2. The van der Waals surface area contributed by atoms with Gasteiger partial charge in [-0.05, 0) is 30.7 Å². The molecule has 0 radical (unpaired) electrons. The topological polar surface area (TPSA) is 162 Å². The van der Waals surface area contributed by atoms with Gasteiger partial charge in [-0.15, -0.1) is 11.3 Å². The van der Waals surface area contributed by atoms with Crippen molar-refractivity contribution in [2.24, 2.45) is 5.73 Å². The number of nitro groups is 1. The molecule has 2 aromatic carbocycles. The molecule has 3 N–H and O–H groups in total. The van der Waals surface area contributed by atoms with Crippen LogP contribution in [-0.4, -0.2) is 33.3 Å². The van der Waals surface area contributed by atoms with Gasteiger partial charge in [-0.25, -0.2) is 4.98 Å². The van der Waals surface area contributed by atoms with Gasteiger partial charge in [0.15, 0.2) is 0 Å². The van der Waals surface area contributed by atoms with Crippen molar-refractivity contribution in [2.75, 3.05) is 5.32 Å². The molecule has 0 aliphatic heterocycles. The third-order valence-corrected chi connectivity index (χ3v) is 5.25. The summed E-state index contributed by atoms with van der Waals surface area (Å²) in [7, 11) is 0. The number of nitro benzene ring substituents is 1. The zero-order valence-electron chi connectivity index (χ0n) is 15.4. The summed E-state index contributed by atoms with van der Waals surface area (Å²) in [5, 5.41) is 13.3. The first-order valence-corrected chi connectivity index (χ1v) is 9.30. The second-order valence-corrected chi connectivity index (χ2v) is 7.34. The molecular weight excluding hydrogens is 412 g/mol. The highest BCUT2D eigenvalue weighted by Gasteiger charge is 2.38. The van der Waals surface area contributed by atoms with E-state index in [0.717, 1.165) is 11.3 Å². The molecule has 0 fully saturated rings. The van der Waals surface area contributed by atoms with Gasteiger partial charge in [0.2, 0.25) is 11.6 Å². The molecule has 3 rings (SSSR count). The van der Waals surface area contributed by atoms with Gasteiger partial charge < -0.3 is 11.1 Å². The summed E-state index contributed by atoms with van der Waals surface area (Å²) in [6.07, 6.45) is 0. The number of thiazole rings is 1. The fourth-order valence-corrected chi connectivity index (χ4v) is 3.78. The van der Waals surface area contributed by atoms with E-state index in [4.69, 9.17) is 5.73 Å². The second kappa shape index (κ2) is 8.17. The predicted molar refractivity (Wildman–Crippen MR) is 108 cm³/mol. The Morgan fingerprint density at radius 1 is 1.13 bits per heavy atom. The molecule has 1 atom stereocenters. The first kappa shape index (κ1) is 20.7. The number of primary amides is 1. The summed E-state index contributed by atoms with van der Waals surface area (Å²) in [4.78, 5) is 63.8. The maximum atomic E-state index is 12.8. The van der Waals surface area contributed by atoms with Gasteiger partial charge in [0.25, 0.3) is 17.5 Å². The third-order valence-electron chi connectivity index (χ3n) is 4.15. The number of nitrogens with zero attached hydrogens (tertiary/aromatic N) is 2. The van der Waals surface area contributed by atoms with E-state index in [-0.39, 0.29) is 10.7 Å². The summed E-state index contributed by atoms with van der Waals surface area (Å²) in [6, 6.07) is 10.7. The Morgan fingerprint density at radius 2 is 1.83 bits per heavy atom. The van der Waals surface area contributed by atoms with Crippen LogP contribution in [0.3, 0.4) is 0 Å². The summed E-state index contributed by atoms with van der Waals surface area (Å²) < 4.78 is 0.636. The van der Waals surface area contributed by atoms with Crippen LogP contribution >= 0.6 is 11.3 Å². The van der Waals surface area contributed by atoms with Crippen LogP contribution in [0, 0.1) is 17.0 Å². The molecule has 0 aliphatic rings. The number of aromatic nitrogens is 1. The highest BCUT2D eigenvalue weighted by molar-refractivity contribution is 7.19. The average molecular weight is 426 g/mol. The minimum atomic E-state index is -1.84. The lowest BCUT2D eigenvalue weighted by molar-refractivity contribution is -0.384. The summed E-state index contributed by atoms with van der Waals surface area (Å²) in [5.74, 6) is -7.15. The van der Waals surface area contributed by atoms with E-state index in [1.54, 1.807) is 31.2 Å². The number of hydrogen-bond acceptors (Lipinski definition) is 8.